The van der Waals surface area contributed by atoms with Gasteiger partial charge < -0.3 is 14.2 Å². The number of ketones is 1. The van der Waals surface area contributed by atoms with Crippen LogP contribution >= 0.6 is 0 Å². The molecule has 50 heavy (non-hydrogen) atoms. The summed E-state index contributed by atoms with van der Waals surface area (Å²) in [5, 5.41) is 0. The van der Waals surface area contributed by atoms with E-state index in [1.54, 1.807) is 6.07 Å². The van der Waals surface area contributed by atoms with Crippen molar-refractivity contribution in [3.63, 3.8) is 0 Å². The van der Waals surface area contributed by atoms with Crippen molar-refractivity contribution >= 4 is 17.7 Å². The van der Waals surface area contributed by atoms with Crippen molar-refractivity contribution in [2.45, 2.75) is 138 Å². The van der Waals surface area contributed by atoms with Crippen molar-refractivity contribution in [1.82, 2.24) is 9.47 Å². The molecule has 5 fully saturated rings. The second-order valence-corrected chi connectivity index (χ2v) is 20.1. The normalized spacial score (nSPS) is 45.9. The first-order chi connectivity index (χ1) is 23.4. The van der Waals surface area contributed by atoms with Gasteiger partial charge in [-0.2, -0.15) is 0 Å². The Kier molecular flexibility index (Phi) is 7.51. The minimum absolute atomic E-state index is 0.0656. The van der Waals surface area contributed by atoms with Crippen LogP contribution in [-0.2, 0) is 25.7 Å². The number of allylic oxidation sites excluding steroid dienone is 2. The number of hydrogen-bond donors (Lipinski definition) is 0. The number of ether oxygens (including phenoxy) is 1. The fourth-order valence-electron chi connectivity index (χ4n) is 14.2. The molecule has 272 valence electrons. The highest BCUT2D eigenvalue weighted by Crippen LogP contribution is 2.75. The predicted molar refractivity (Wildman–Crippen MR) is 193 cm³/mol. The molecule has 8 rings (SSSR count). The number of carbonyl (C=O) groups is 3. The monoisotopic (exact) mass is 684 g/mol. The zero-order chi connectivity index (χ0) is 35.8. The minimum atomic E-state index is -0.477. The second-order valence-electron chi connectivity index (χ2n) is 20.1. The molecule has 11 atom stereocenters. The molecule has 0 spiro atoms. The van der Waals surface area contributed by atoms with Crippen LogP contribution in [0.15, 0.2) is 34.6 Å². The lowest BCUT2D eigenvalue weighted by Gasteiger charge is -2.70. The van der Waals surface area contributed by atoms with Gasteiger partial charge in [-0.15, -0.1) is 0 Å². The lowest BCUT2D eigenvalue weighted by atomic mass is 9.33. The summed E-state index contributed by atoms with van der Waals surface area (Å²) in [4.78, 5) is 56.5. The van der Waals surface area contributed by atoms with E-state index < -0.39 is 5.41 Å². The first-order valence-electron chi connectivity index (χ1n) is 19.8. The van der Waals surface area contributed by atoms with E-state index in [-0.39, 0.29) is 68.4 Å². The molecule has 3 heterocycles. The Bertz CT molecular complexity index is 1740. The average molecular weight is 685 g/mol. The lowest BCUT2D eigenvalue weighted by Crippen LogP contribution is -2.67. The number of nitrogens with zero attached hydrogens (tertiary/aromatic N) is 2. The fraction of sp³-hybridized carbons (Fsp3) is 0.767. The number of piperidine rings is 1. The number of aromatic nitrogens is 1. The van der Waals surface area contributed by atoms with Crippen LogP contribution in [0.4, 0.5) is 0 Å². The molecular formula is C43H60N2O5. The predicted octanol–water partition coefficient (Wildman–Crippen LogP) is 7.71. The maximum absolute atomic E-state index is 14.9. The summed E-state index contributed by atoms with van der Waals surface area (Å²) in [6, 6.07) is 5.60. The Morgan fingerprint density at radius 3 is 2.34 bits per heavy atom. The van der Waals surface area contributed by atoms with E-state index in [1.165, 1.54) is 12.5 Å². The van der Waals surface area contributed by atoms with Crippen molar-refractivity contribution in [2.75, 3.05) is 13.1 Å². The Morgan fingerprint density at radius 2 is 1.60 bits per heavy atom. The highest BCUT2D eigenvalue weighted by Gasteiger charge is 2.70. The van der Waals surface area contributed by atoms with Crippen molar-refractivity contribution in [2.24, 2.45) is 56.2 Å². The third-order valence-electron chi connectivity index (χ3n) is 17.1. The second kappa shape index (κ2) is 10.9. The molecule has 0 unspecified atom stereocenters. The fourth-order valence-corrected chi connectivity index (χ4v) is 14.2. The minimum Gasteiger partial charge on any atom is -0.462 e. The number of rotatable bonds is 2. The Morgan fingerprint density at radius 1 is 0.860 bits per heavy atom. The quantitative estimate of drug-likeness (QED) is 0.298. The number of amides is 1. The molecule has 7 aliphatic rings. The molecule has 0 radical (unpaired) electrons. The van der Waals surface area contributed by atoms with Gasteiger partial charge in [-0.05, 0) is 116 Å². The number of pyridine rings is 1. The number of esters is 1. The van der Waals surface area contributed by atoms with Gasteiger partial charge in [-0.1, -0.05) is 60.1 Å². The summed E-state index contributed by atoms with van der Waals surface area (Å²) in [6.45, 7) is 20.1. The largest absolute Gasteiger partial charge is 0.462 e. The van der Waals surface area contributed by atoms with E-state index in [1.807, 2.05) is 10.6 Å². The van der Waals surface area contributed by atoms with Crippen LogP contribution in [-0.4, -0.2) is 46.3 Å². The summed E-state index contributed by atoms with van der Waals surface area (Å²) in [6.07, 6.45) is 11.7. The molecule has 1 aromatic heterocycles. The zero-order valence-corrected chi connectivity index (χ0v) is 31.9. The molecule has 7 heteroatoms. The maximum Gasteiger partial charge on any atom is 0.302 e. The van der Waals surface area contributed by atoms with Gasteiger partial charge in [0.1, 0.15) is 6.10 Å². The van der Waals surface area contributed by atoms with Gasteiger partial charge in [0, 0.05) is 61.0 Å². The highest BCUT2D eigenvalue weighted by molar-refractivity contribution is 5.96. The SMILES string of the molecule is CC(=O)O[C@@H]1CC[C@]2(C)[C@H](CC[C@]3(C)[C@@H]2C(=O)C=C2[C@@H]4C[C@](C)(C(=O)N5C[C@H]6C[C@@H](C5)c5cccc(=O)n5C6)CC[C@@]4(C)CC[C@]23C)C1(C)C. The standard InChI is InChI=1S/C43H60N2O5/c1-26(46)50-34-13-14-41(6)33(38(34,2)3)12-15-43(8)36(41)32(47)21-29-30-22-40(5,17-16-39(30,4)18-19-42(29,43)7)37(49)44-23-27-20-28(25-44)31-10-9-11-35(48)45(31)24-27/h9-11,21,27-28,30,33-34,36H,12-20,22-25H2,1-8H3/t27-,28+,30+,33-,34-,36-,39+,40-,41-,42-,43-/m1/s1. The molecule has 7 nitrogen and oxygen atoms in total. The molecule has 2 bridgehead atoms. The van der Waals surface area contributed by atoms with E-state index in [4.69, 9.17) is 4.74 Å². The first-order valence-corrected chi connectivity index (χ1v) is 19.8. The molecule has 1 saturated heterocycles. The first kappa shape index (κ1) is 34.4. The number of likely N-dealkylation sites (tertiary alicyclic amines) is 1. The van der Waals surface area contributed by atoms with Gasteiger partial charge in [-0.25, -0.2) is 0 Å². The van der Waals surface area contributed by atoms with Crippen molar-refractivity contribution in [1.29, 1.82) is 0 Å². The van der Waals surface area contributed by atoms with Gasteiger partial charge >= 0.3 is 5.97 Å². The zero-order valence-electron chi connectivity index (χ0n) is 31.9. The van der Waals surface area contributed by atoms with Gasteiger partial charge in [0.25, 0.3) is 5.56 Å². The van der Waals surface area contributed by atoms with Crippen LogP contribution in [0.3, 0.4) is 0 Å². The molecule has 0 aromatic carbocycles. The van der Waals surface area contributed by atoms with E-state index in [0.29, 0.717) is 30.7 Å². The maximum atomic E-state index is 14.9. The third kappa shape index (κ3) is 4.58. The molecular weight excluding hydrogens is 624 g/mol. The molecule has 0 N–H and O–H groups in total. The Hall–Kier alpha value is -2.70. The van der Waals surface area contributed by atoms with Crippen LogP contribution < -0.4 is 5.56 Å². The van der Waals surface area contributed by atoms with Crippen LogP contribution in [0.5, 0.6) is 0 Å². The van der Waals surface area contributed by atoms with Gasteiger partial charge in [0.05, 0.1) is 0 Å². The van der Waals surface area contributed by atoms with Crippen LogP contribution in [0.25, 0.3) is 0 Å². The van der Waals surface area contributed by atoms with Crippen LogP contribution in [0, 0.1) is 56.2 Å². The summed E-state index contributed by atoms with van der Waals surface area (Å²) in [5.74, 6) is 1.32. The molecule has 2 aliphatic heterocycles. The molecule has 1 aromatic rings. The molecule has 1 amide bonds. The van der Waals surface area contributed by atoms with Crippen LogP contribution in [0.2, 0.25) is 0 Å². The van der Waals surface area contributed by atoms with E-state index in [2.05, 4.69) is 65.5 Å². The third-order valence-corrected chi connectivity index (χ3v) is 17.1. The average Bonchev–Trinajstić information content (AvgIpc) is 3.04. The smallest absolute Gasteiger partial charge is 0.302 e. The summed E-state index contributed by atoms with van der Waals surface area (Å²) < 4.78 is 7.85. The summed E-state index contributed by atoms with van der Waals surface area (Å²) in [7, 11) is 0. The van der Waals surface area contributed by atoms with Gasteiger partial charge in [-0.3, -0.25) is 19.2 Å². The summed E-state index contributed by atoms with van der Waals surface area (Å²) >= 11 is 0. The van der Waals surface area contributed by atoms with Crippen molar-refractivity contribution in [3.8, 4) is 0 Å². The Labute approximate surface area is 299 Å². The summed E-state index contributed by atoms with van der Waals surface area (Å²) in [5.41, 5.74) is 1.45. The molecule has 4 saturated carbocycles. The number of hydrogen-bond acceptors (Lipinski definition) is 5. The number of fused-ring (bicyclic) bond motifs is 11. The van der Waals surface area contributed by atoms with Crippen molar-refractivity contribution < 1.29 is 19.1 Å². The number of carbonyl (C=O) groups excluding carboxylic acids is 3. The van der Waals surface area contributed by atoms with E-state index >= 15 is 0 Å². The van der Waals surface area contributed by atoms with Gasteiger partial charge in [0.15, 0.2) is 5.78 Å². The molecule has 5 aliphatic carbocycles. The topological polar surface area (TPSA) is 85.7 Å². The van der Waals surface area contributed by atoms with Gasteiger partial charge in [0.2, 0.25) is 5.91 Å². The van der Waals surface area contributed by atoms with E-state index in [0.717, 1.165) is 76.4 Å². The Balaban J connectivity index is 1.10. The van der Waals surface area contributed by atoms with Crippen molar-refractivity contribution in [3.05, 3.63) is 45.9 Å². The highest BCUT2D eigenvalue weighted by atomic mass is 16.5. The van der Waals surface area contributed by atoms with E-state index in [9.17, 15) is 19.2 Å². The lowest BCUT2D eigenvalue weighted by molar-refractivity contribution is -0.210. The van der Waals surface area contributed by atoms with Crippen LogP contribution in [0.1, 0.15) is 131 Å².